The SMILES string of the molecule is CN(C)C(=O)CN1C(=O)NC[C@]12CC[C@](c1ccccc1)(N(C)C)CC2. The Hall–Kier alpha value is -2.08. The van der Waals surface area contributed by atoms with Crippen LogP contribution in [0.25, 0.3) is 0 Å². The number of urea groups is 1. The molecule has 6 heteroatoms. The number of nitrogens with zero attached hydrogens (tertiary/aromatic N) is 3. The van der Waals surface area contributed by atoms with Crippen molar-refractivity contribution >= 4 is 11.9 Å². The first kappa shape index (κ1) is 18.7. The Labute approximate surface area is 156 Å². The van der Waals surface area contributed by atoms with Gasteiger partial charge in [0.2, 0.25) is 5.91 Å². The molecule has 1 aliphatic carbocycles. The molecule has 1 aromatic carbocycles. The first-order valence-corrected chi connectivity index (χ1v) is 9.29. The quantitative estimate of drug-likeness (QED) is 0.894. The molecule has 1 spiro atoms. The van der Waals surface area contributed by atoms with E-state index in [1.165, 1.54) is 5.56 Å². The number of likely N-dealkylation sites (N-methyl/N-ethyl adjacent to an activating group) is 1. The number of nitrogens with one attached hydrogen (secondary N) is 1. The van der Waals surface area contributed by atoms with E-state index in [0.717, 1.165) is 25.7 Å². The van der Waals surface area contributed by atoms with Crippen LogP contribution in [0.15, 0.2) is 30.3 Å². The smallest absolute Gasteiger partial charge is 0.318 e. The summed E-state index contributed by atoms with van der Waals surface area (Å²) >= 11 is 0. The molecule has 1 aliphatic heterocycles. The van der Waals surface area contributed by atoms with E-state index >= 15 is 0 Å². The average Bonchev–Trinajstić information content (AvgIpc) is 2.93. The monoisotopic (exact) mass is 358 g/mol. The van der Waals surface area contributed by atoms with E-state index in [2.05, 4.69) is 48.6 Å². The van der Waals surface area contributed by atoms with Gasteiger partial charge in [-0.1, -0.05) is 30.3 Å². The van der Waals surface area contributed by atoms with Crippen molar-refractivity contribution in [3.05, 3.63) is 35.9 Å². The molecule has 3 rings (SSSR count). The molecule has 26 heavy (non-hydrogen) atoms. The van der Waals surface area contributed by atoms with Crippen LogP contribution in [0.4, 0.5) is 4.79 Å². The predicted octanol–water partition coefficient (Wildman–Crippen LogP) is 1.87. The molecular weight excluding hydrogens is 328 g/mol. The Balaban J connectivity index is 1.83. The van der Waals surface area contributed by atoms with Crippen molar-refractivity contribution in [1.29, 1.82) is 0 Å². The maximum Gasteiger partial charge on any atom is 0.318 e. The fourth-order valence-corrected chi connectivity index (χ4v) is 4.48. The van der Waals surface area contributed by atoms with E-state index in [1.807, 2.05) is 6.07 Å². The molecule has 1 saturated carbocycles. The molecule has 142 valence electrons. The molecule has 0 radical (unpaired) electrons. The van der Waals surface area contributed by atoms with Crippen LogP contribution in [0.2, 0.25) is 0 Å². The molecule has 1 N–H and O–H groups in total. The zero-order valence-corrected chi connectivity index (χ0v) is 16.3. The van der Waals surface area contributed by atoms with Gasteiger partial charge in [-0.3, -0.25) is 9.69 Å². The summed E-state index contributed by atoms with van der Waals surface area (Å²) in [5.74, 6) is -0.0334. The van der Waals surface area contributed by atoms with Crippen molar-refractivity contribution in [2.45, 2.75) is 36.8 Å². The predicted molar refractivity (Wildman–Crippen MR) is 102 cm³/mol. The van der Waals surface area contributed by atoms with Gasteiger partial charge in [0, 0.05) is 26.2 Å². The molecule has 0 unspecified atom stereocenters. The van der Waals surface area contributed by atoms with Gasteiger partial charge in [-0.2, -0.15) is 0 Å². The van der Waals surface area contributed by atoms with E-state index in [-0.39, 0.29) is 29.6 Å². The lowest BCUT2D eigenvalue weighted by molar-refractivity contribution is -0.130. The number of hydrogen-bond donors (Lipinski definition) is 1. The van der Waals surface area contributed by atoms with Gasteiger partial charge in [0.15, 0.2) is 0 Å². The lowest BCUT2D eigenvalue weighted by Crippen LogP contribution is -2.57. The summed E-state index contributed by atoms with van der Waals surface area (Å²) in [5, 5.41) is 2.97. The van der Waals surface area contributed by atoms with Gasteiger partial charge in [0.05, 0.1) is 5.54 Å². The normalized spacial score (nSPS) is 28.5. The summed E-state index contributed by atoms with van der Waals surface area (Å²) in [5.41, 5.74) is 1.06. The van der Waals surface area contributed by atoms with Crippen molar-refractivity contribution in [1.82, 2.24) is 20.0 Å². The van der Waals surface area contributed by atoms with Gasteiger partial charge < -0.3 is 15.1 Å². The molecule has 1 aromatic rings. The highest BCUT2D eigenvalue weighted by Crippen LogP contribution is 2.47. The van der Waals surface area contributed by atoms with Crippen LogP contribution in [0.3, 0.4) is 0 Å². The zero-order valence-electron chi connectivity index (χ0n) is 16.3. The van der Waals surface area contributed by atoms with Crippen LogP contribution in [-0.2, 0) is 10.3 Å². The molecule has 2 aliphatic rings. The minimum Gasteiger partial charge on any atom is -0.347 e. The summed E-state index contributed by atoms with van der Waals surface area (Å²) < 4.78 is 0. The topological polar surface area (TPSA) is 55.9 Å². The lowest BCUT2D eigenvalue weighted by Gasteiger charge is -2.50. The Morgan fingerprint density at radius 3 is 2.23 bits per heavy atom. The largest absolute Gasteiger partial charge is 0.347 e. The minimum absolute atomic E-state index is 0.0185. The molecule has 3 amide bonds. The highest BCUT2D eigenvalue weighted by molar-refractivity contribution is 5.85. The number of carbonyl (C=O) groups is 2. The Bertz CT molecular complexity index is 664. The van der Waals surface area contributed by atoms with Crippen LogP contribution in [-0.4, -0.2) is 73.5 Å². The highest BCUT2D eigenvalue weighted by atomic mass is 16.2. The molecule has 0 bridgehead atoms. The average molecular weight is 358 g/mol. The Morgan fingerprint density at radius 2 is 1.69 bits per heavy atom. The molecule has 2 fully saturated rings. The summed E-state index contributed by atoms with van der Waals surface area (Å²) in [6, 6.07) is 10.5. The van der Waals surface area contributed by atoms with Gasteiger partial charge >= 0.3 is 6.03 Å². The molecule has 1 heterocycles. The summed E-state index contributed by atoms with van der Waals surface area (Å²) in [6.45, 7) is 0.782. The molecule has 0 aromatic heterocycles. The van der Waals surface area contributed by atoms with Crippen molar-refractivity contribution in [2.75, 3.05) is 41.3 Å². The Morgan fingerprint density at radius 1 is 1.08 bits per heavy atom. The van der Waals surface area contributed by atoms with E-state index in [1.54, 1.807) is 23.9 Å². The molecular formula is C20H30N4O2. The van der Waals surface area contributed by atoms with Crippen molar-refractivity contribution in [3.8, 4) is 0 Å². The van der Waals surface area contributed by atoms with Crippen LogP contribution in [0, 0.1) is 0 Å². The van der Waals surface area contributed by atoms with Gasteiger partial charge in [-0.15, -0.1) is 0 Å². The summed E-state index contributed by atoms with van der Waals surface area (Å²) in [7, 11) is 7.74. The van der Waals surface area contributed by atoms with Crippen molar-refractivity contribution in [3.63, 3.8) is 0 Å². The van der Waals surface area contributed by atoms with Crippen LogP contribution in [0.1, 0.15) is 31.2 Å². The fraction of sp³-hybridized carbons (Fsp3) is 0.600. The third-order valence-electron chi connectivity index (χ3n) is 6.35. The number of benzene rings is 1. The Kier molecular flexibility index (Phi) is 4.97. The second kappa shape index (κ2) is 6.91. The van der Waals surface area contributed by atoms with E-state index in [4.69, 9.17) is 0 Å². The highest BCUT2D eigenvalue weighted by Gasteiger charge is 2.52. The number of carbonyl (C=O) groups excluding carboxylic acids is 2. The van der Waals surface area contributed by atoms with Crippen molar-refractivity contribution in [2.24, 2.45) is 0 Å². The fourth-order valence-electron chi connectivity index (χ4n) is 4.48. The standard InChI is InChI=1S/C20H30N4O2/c1-22(2)17(25)14-24-18(26)21-15-19(24)10-12-20(13-11-19,23(3)4)16-8-6-5-7-9-16/h5-9H,10-15H2,1-4H3,(H,21,26)/t19-,20+. The van der Waals surface area contributed by atoms with Gasteiger partial charge in [-0.25, -0.2) is 4.79 Å². The molecule has 1 saturated heterocycles. The van der Waals surface area contributed by atoms with Gasteiger partial charge in [0.25, 0.3) is 0 Å². The molecule has 0 atom stereocenters. The van der Waals surface area contributed by atoms with E-state index in [0.29, 0.717) is 6.54 Å². The number of rotatable bonds is 4. The van der Waals surface area contributed by atoms with Crippen LogP contribution >= 0.6 is 0 Å². The van der Waals surface area contributed by atoms with Crippen LogP contribution < -0.4 is 5.32 Å². The first-order valence-electron chi connectivity index (χ1n) is 9.29. The van der Waals surface area contributed by atoms with Crippen molar-refractivity contribution < 1.29 is 9.59 Å². The van der Waals surface area contributed by atoms with Gasteiger partial charge in [-0.05, 0) is 45.3 Å². The lowest BCUT2D eigenvalue weighted by atomic mass is 9.68. The minimum atomic E-state index is -0.253. The maximum atomic E-state index is 12.4. The number of amides is 3. The second-order valence-electron chi connectivity index (χ2n) is 8.05. The zero-order chi connectivity index (χ0) is 18.9. The first-order chi connectivity index (χ1) is 12.3. The summed E-state index contributed by atoms with van der Waals surface area (Å²) in [6.07, 6.45) is 3.70. The summed E-state index contributed by atoms with van der Waals surface area (Å²) in [4.78, 5) is 30.3. The molecule has 6 nitrogen and oxygen atoms in total. The van der Waals surface area contributed by atoms with E-state index < -0.39 is 0 Å². The van der Waals surface area contributed by atoms with E-state index in [9.17, 15) is 9.59 Å². The number of hydrogen-bond acceptors (Lipinski definition) is 3. The third kappa shape index (κ3) is 3.07. The van der Waals surface area contributed by atoms with Gasteiger partial charge in [0.1, 0.15) is 6.54 Å². The van der Waals surface area contributed by atoms with Crippen LogP contribution in [0.5, 0.6) is 0 Å². The second-order valence-corrected chi connectivity index (χ2v) is 8.05. The maximum absolute atomic E-state index is 12.4. The third-order valence-corrected chi connectivity index (χ3v) is 6.35.